The number of aryl methyl sites for hydroxylation is 1. The zero-order valence-electron chi connectivity index (χ0n) is 11.4. The number of likely N-dealkylation sites (N-methyl/N-ethyl adjacent to an activating group) is 1. The maximum atomic E-state index is 11.8. The highest BCUT2D eigenvalue weighted by Gasteiger charge is 2.23. The average molecular weight is 267 g/mol. The van der Waals surface area contributed by atoms with Gasteiger partial charge in [0.15, 0.2) is 0 Å². The van der Waals surface area contributed by atoms with Gasteiger partial charge in [0.25, 0.3) is 0 Å². The predicted molar refractivity (Wildman–Crippen MR) is 70.5 cm³/mol. The van der Waals surface area contributed by atoms with E-state index >= 15 is 0 Å². The van der Waals surface area contributed by atoms with Crippen LogP contribution in [-0.4, -0.2) is 46.7 Å². The zero-order valence-corrected chi connectivity index (χ0v) is 11.4. The molecular formula is C12H21N5O2. The number of carbonyl (C=O) groups is 1. The number of amides is 1. The molecule has 0 atom stereocenters. The van der Waals surface area contributed by atoms with Crippen LogP contribution in [0.1, 0.15) is 31.6 Å². The van der Waals surface area contributed by atoms with Crippen LogP contribution in [-0.2, 0) is 4.79 Å². The van der Waals surface area contributed by atoms with Gasteiger partial charge in [-0.2, -0.15) is 0 Å². The third-order valence-corrected chi connectivity index (χ3v) is 3.53. The smallest absolute Gasteiger partial charge is 0.322 e. The Morgan fingerprint density at radius 1 is 1.42 bits per heavy atom. The fourth-order valence-corrected chi connectivity index (χ4v) is 2.40. The monoisotopic (exact) mass is 267 g/mol. The van der Waals surface area contributed by atoms with Gasteiger partial charge in [-0.05, 0) is 32.7 Å². The minimum atomic E-state index is -0.138. The lowest BCUT2D eigenvalue weighted by Gasteiger charge is -2.32. The molecule has 1 aromatic heterocycles. The summed E-state index contributed by atoms with van der Waals surface area (Å²) < 4.78 is 5.11. The molecule has 0 spiro atoms. The molecule has 106 valence electrons. The Morgan fingerprint density at radius 2 is 2.11 bits per heavy atom. The number of rotatable bonds is 4. The first kappa shape index (κ1) is 14.0. The lowest BCUT2D eigenvalue weighted by molar-refractivity contribution is -0.117. The zero-order chi connectivity index (χ0) is 13.8. The van der Waals surface area contributed by atoms with E-state index in [1.165, 1.54) is 0 Å². The van der Waals surface area contributed by atoms with E-state index in [0.717, 1.165) is 25.7 Å². The first-order valence-corrected chi connectivity index (χ1v) is 6.60. The van der Waals surface area contributed by atoms with Gasteiger partial charge in [-0.1, -0.05) is 5.10 Å². The fourth-order valence-electron chi connectivity index (χ4n) is 2.40. The van der Waals surface area contributed by atoms with Gasteiger partial charge in [0.2, 0.25) is 11.8 Å². The lowest BCUT2D eigenvalue weighted by Crippen LogP contribution is -2.42. The molecule has 0 saturated heterocycles. The van der Waals surface area contributed by atoms with Crippen molar-refractivity contribution in [2.75, 3.05) is 18.9 Å². The van der Waals surface area contributed by atoms with E-state index in [2.05, 4.69) is 20.4 Å². The normalized spacial score (nSPS) is 23.6. The van der Waals surface area contributed by atoms with Crippen LogP contribution in [0.2, 0.25) is 0 Å². The SMILES string of the molecule is Cc1nnc(NC(=O)CN(C)C2CCC(N)CC2)o1. The number of hydrogen-bond donors (Lipinski definition) is 2. The minimum absolute atomic E-state index is 0.138. The molecule has 1 aromatic rings. The van der Waals surface area contributed by atoms with Crippen LogP contribution in [0.3, 0.4) is 0 Å². The molecule has 1 saturated carbocycles. The summed E-state index contributed by atoms with van der Waals surface area (Å²) in [4.78, 5) is 13.9. The minimum Gasteiger partial charge on any atom is -0.408 e. The molecule has 0 aromatic carbocycles. The molecule has 0 radical (unpaired) electrons. The number of nitrogens with one attached hydrogen (secondary N) is 1. The second kappa shape index (κ2) is 6.12. The van der Waals surface area contributed by atoms with Gasteiger partial charge in [0, 0.05) is 19.0 Å². The highest BCUT2D eigenvalue weighted by Crippen LogP contribution is 2.20. The quantitative estimate of drug-likeness (QED) is 0.825. The summed E-state index contributed by atoms with van der Waals surface area (Å²) in [5.74, 6) is 0.297. The third-order valence-electron chi connectivity index (χ3n) is 3.53. The van der Waals surface area contributed by atoms with E-state index in [0.29, 0.717) is 24.5 Å². The van der Waals surface area contributed by atoms with Gasteiger partial charge < -0.3 is 10.2 Å². The molecule has 1 aliphatic rings. The van der Waals surface area contributed by atoms with Gasteiger partial charge in [0.1, 0.15) is 0 Å². The number of nitrogens with two attached hydrogens (primary N) is 1. The Bertz CT molecular complexity index is 426. The van der Waals surface area contributed by atoms with Crippen LogP contribution >= 0.6 is 0 Å². The van der Waals surface area contributed by atoms with E-state index in [4.69, 9.17) is 10.2 Å². The number of hydrogen-bond acceptors (Lipinski definition) is 6. The Hall–Kier alpha value is -1.47. The largest absolute Gasteiger partial charge is 0.408 e. The molecule has 1 amide bonds. The molecule has 1 heterocycles. The van der Waals surface area contributed by atoms with Crippen molar-refractivity contribution in [3.63, 3.8) is 0 Å². The van der Waals surface area contributed by atoms with Crippen LogP contribution in [0.25, 0.3) is 0 Å². The van der Waals surface area contributed by atoms with Crippen LogP contribution in [0, 0.1) is 6.92 Å². The van der Waals surface area contributed by atoms with Crippen molar-refractivity contribution >= 4 is 11.9 Å². The summed E-state index contributed by atoms with van der Waals surface area (Å²) >= 11 is 0. The predicted octanol–water partition coefficient (Wildman–Crippen LogP) is 0.518. The second-order valence-electron chi connectivity index (χ2n) is 5.16. The van der Waals surface area contributed by atoms with E-state index < -0.39 is 0 Å². The maximum Gasteiger partial charge on any atom is 0.322 e. The summed E-state index contributed by atoms with van der Waals surface area (Å²) in [5, 5.41) is 9.99. The maximum absolute atomic E-state index is 11.8. The summed E-state index contributed by atoms with van der Waals surface area (Å²) in [5.41, 5.74) is 5.88. The first-order valence-electron chi connectivity index (χ1n) is 6.60. The number of nitrogens with zero attached hydrogens (tertiary/aromatic N) is 3. The summed E-state index contributed by atoms with van der Waals surface area (Å²) in [6.07, 6.45) is 4.15. The molecule has 0 bridgehead atoms. The highest BCUT2D eigenvalue weighted by molar-refractivity contribution is 5.90. The molecule has 1 aliphatic carbocycles. The van der Waals surface area contributed by atoms with Crippen molar-refractivity contribution in [2.45, 2.75) is 44.7 Å². The van der Waals surface area contributed by atoms with Crippen molar-refractivity contribution in [1.29, 1.82) is 0 Å². The Morgan fingerprint density at radius 3 is 2.68 bits per heavy atom. The molecule has 19 heavy (non-hydrogen) atoms. The Kier molecular flexibility index (Phi) is 4.49. The third kappa shape index (κ3) is 4.00. The van der Waals surface area contributed by atoms with Crippen LogP contribution in [0.4, 0.5) is 6.01 Å². The first-order chi connectivity index (χ1) is 9.04. The van der Waals surface area contributed by atoms with E-state index in [-0.39, 0.29) is 11.9 Å². The Labute approximate surface area is 112 Å². The molecule has 7 nitrogen and oxygen atoms in total. The van der Waals surface area contributed by atoms with Crippen molar-refractivity contribution < 1.29 is 9.21 Å². The molecule has 7 heteroatoms. The van der Waals surface area contributed by atoms with Gasteiger partial charge >= 0.3 is 6.01 Å². The molecule has 0 aliphatic heterocycles. The summed E-state index contributed by atoms with van der Waals surface area (Å²) in [6, 6.07) is 0.899. The standard InChI is InChI=1S/C12H21N5O2/c1-8-15-16-12(19-8)14-11(18)7-17(2)10-5-3-9(13)4-6-10/h9-10H,3-7,13H2,1-2H3,(H,14,16,18). The number of carbonyl (C=O) groups excluding carboxylic acids is 1. The van der Waals surface area contributed by atoms with Gasteiger partial charge in [0.05, 0.1) is 6.54 Å². The summed E-state index contributed by atoms with van der Waals surface area (Å²) in [6.45, 7) is 2.00. The van der Waals surface area contributed by atoms with Crippen LogP contribution in [0.5, 0.6) is 0 Å². The lowest BCUT2D eigenvalue weighted by atomic mass is 9.91. The molecule has 0 unspecified atom stereocenters. The molecule has 2 rings (SSSR count). The van der Waals surface area contributed by atoms with Crippen molar-refractivity contribution in [3.05, 3.63) is 5.89 Å². The Balaban J connectivity index is 1.78. The number of anilines is 1. The van der Waals surface area contributed by atoms with Crippen molar-refractivity contribution in [3.8, 4) is 0 Å². The topological polar surface area (TPSA) is 97.3 Å². The summed E-state index contributed by atoms with van der Waals surface area (Å²) in [7, 11) is 1.96. The van der Waals surface area contributed by atoms with Gasteiger partial charge in [-0.3, -0.25) is 15.0 Å². The second-order valence-corrected chi connectivity index (χ2v) is 5.16. The highest BCUT2D eigenvalue weighted by atomic mass is 16.4. The van der Waals surface area contributed by atoms with Gasteiger partial charge in [-0.25, -0.2) is 0 Å². The van der Waals surface area contributed by atoms with Crippen LogP contribution in [0.15, 0.2) is 4.42 Å². The number of aromatic nitrogens is 2. The van der Waals surface area contributed by atoms with Gasteiger partial charge in [-0.15, -0.1) is 5.10 Å². The van der Waals surface area contributed by atoms with Crippen molar-refractivity contribution in [1.82, 2.24) is 15.1 Å². The molecular weight excluding hydrogens is 246 g/mol. The fraction of sp³-hybridized carbons (Fsp3) is 0.750. The molecule has 1 fully saturated rings. The average Bonchev–Trinajstić information content (AvgIpc) is 2.75. The van der Waals surface area contributed by atoms with Crippen LogP contribution < -0.4 is 11.1 Å². The van der Waals surface area contributed by atoms with E-state index in [1.54, 1.807) is 6.92 Å². The van der Waals surface area contributed by atoms with Crippen molar-refractivity contribution in [2.24, 2.45) is 5.73 Å². The van der Waals surface area contributed by atoms with E-state index in [9.17, 15) is 4.79 Å². The van der Waals surface area contributed by atoms with E-state index in [1.807, 2.05) is 7.05 Å². The molecule has 3 N–H and O–H groups in total.